The van der Waals surface area contributed by atoms with Gasteiger partial charge in [0, 0.05) is 17.8 Å². The number of aliphatic hydroxyl groups excluding tert-OH is 6. The molecule has 2 saturated heterocycles. The molecule has 2 aliphatic carbocycles. The van der Waals surface area contributed by atoms with Crippen LogP contribution in [0.15, 0.2) is 248 Å². The van der Waals surface area contributed by atoms with Gasteiger partial charge < -0.3 is 108 Å². The SMILES string of the molecule is CCCCCCCCCCCCCCCC(=O)O[C@@H]1C(O)C(O)[C@H](O)[C@H](O[C@H]2OC(CO)[C@@H](O)[C@H](O)C2[NH3+])C1OP(=O)([O-])O.CCCCCCCCCCCCCCCC(=O)O[C@@H]1C(OCc2ccccc2)C(OCc2ccccc2)[C@H](OCc2ccccc2)[C@H](O[C@H]2OC(COCc3ccccc3)[C@@H](OCc3ccccc3)[C@H](OCc3ccccc3)C2N=[N+]=[N-])C1OP(=O)(OCc1ccccc1)OCc1ccccc1. The van der Waals surface area contributed by atoms with E-state index in [1.54, 1.807) is 0 Å². The Labute approximate surface area is 859 Å². The van der Waals surface area contributed by atoms with Crippen molar-refractivity contribution >= 4 is 27.6 Å². The van der Waals surface area contributed by atoms with Gasteiger partial charge in [-0.2, -0.15) is 0 Å². The largest absolute Gasteiger partial charge is 0.756 e. The van der Waals surface area contributed by atoms with Gasteiger partial charge in [0.2, 0.25) is 6.29 Å². The number of benzene rings is 8. The maximum Gasteiger partial charge on any atom is 0.475 e. The predicted molar refractivity (Wildman–Crippen MR) is 545 cm³/mol. The number of hydrogen-bond donors (Lipinski definition) is 8. The molecule has 10 N–H and O–H groups in total. The first-order valence-corrected chi connectivity index (χ1v) is 55.2. The molecule has 0 spiro atoms. The zero-order valence-corrected chi connectivity index (χ0v) is 86.1. The molecule has 23 atom stereocenters. The van der Waals surface area contributed by atoms with E-state index in [1.807, 2.05) is 243 Å². The normalized spacial score (nSPS) is 25.6. The van der Waals surface area contributed by atoms with Crippen LogP contribution >= 0.6 is 15.6 Å². The van der Waals surface area contributed by atoms with Gasteiger partial charge >= 0.3 is 19.8 Å². The van der Waals surface area contributed by atoms with Crippen LogP contribution in [0.1, 0.15) is 238 Å². The highest BCUT2D eigenvalue weighted by atomic mass is 31.2. The molecule has 2 aliphatic heterocycles. The van der Waals surface area contributed by atoms with E-state index in [9.17, 15) is 55.3 Å². The number of quaternary nitrogens is 1. The molecule has 800 valence electrons. The lowest BCUT2D eigenvalue weighted by atomic mass is 9.83. The van der Waals surface area contributed by atoms with Crippen LogP contribution in [-0.4, -0.2) is 195 Å². The van der Waals surface area contributed by atoms with Crippen molar-refractivity contribution in [2.75, 3.05) is 13.2 Å². The minimum Gasteiger partial charge on any atom is -0.756 e. The Hall–Kier alpha value is -8.45. The molecule has 146 heavy (non-hydrogen) atoms. The molecule has 0 aromatic heterocycles. The third-order valence-corrected chi connectivity index (χ3v) is 28.5. The number of carbonyl (C=O) groups excluding carboxylic acids is 2. The Balaban J connectivity index is 0.000000385. The number of hydrogen-bond acceptors (Lipinski definition) is 28. The number of nitrogens with zero attached hydrogens (tertiary/aromatic N) is 3. The number of unbranched alkanes of at least 4 members (excludes halogenated alkanes) is 24. The fourth-order valence-electron chi connectivity index (χ4n) is 18.5. The summed E-state index contributed by atoms with van der Waals surface area (Å²) >= 11 is 0. The van der Waals surface area contributed by atoms with E-state index in [0.717, 1.165) is 84.7 Å². The molecule has 4 fully saturated rings. The number of carbonyl (C=O) groups is 2. The standard InChI is InChI=1S/C84H100N3O14P.C28H54NO14P/c1-2-3-4-5-6-7-8-9-10-11-12-13-38-55-74(88)99-81-79(94-60-69-47-30-18-31-48-69)78(93-59-68-45-28-17-29-46-68)80(95-61-70-49-32-19-33-50-70)82(83(81)101-102(89,96-62-71-51-34-20-35-52-71)97-63-72-53-36-21-37-54-72)100-84-75(86-87-85)77(92-58-67-43-26-16-27-44-67)76(91-57-66-41-24-15-25-42-66)73(98-84)64-90-56-65-39-22-14-23-40-65;1-2-3-4-5-6-7-8-9-10-11-12-13-14-15-18(31)41-25-23(35)22(34)24(36)26(27(25)43-44(37,38)39)42-28-19(29)21(33)20(32)17(16-30)40-28/h14-37,39-54,73,75-84H,2-13,38,55-64H2,1H3;17,19-28,30,32-36H,2-16,29H2,1H3,(H2,37,38,39)/t73?,75?,76-,77-,78?,79?,80+,81-,82+,83?,84-;17?,19?,20-,21-,22?,23?,24+,25-,26+,27?,28-/m11/s1. The Morgan fingerprint density at radius 3 is 1.03 bits per heavy atom. The smallest absolute Gasteiger partial charge is 0.475 e. The minimum absolute atomic E-state index is 0.0000934. The fraction of sp³-hybridized carbons (Fsp3) is 0.554. The quantitative estimate of drug-likeness (QED) is 0.00438. The van der Waals surface area contributed by atoms with Crippen LogP contribution in [0.25, 0.3) is 10.4 Å². The van der Waals surface area contributed by atoms with Crippen LogP contribution in [0.3, 0.4) is 0 Å². The monoisotopic (exact) mass is 2070 g/mol. The van der Waals surface area contributed by atoms with Gasteiger partial charge in [0.25, 0.3) is 7.82 Å². The van der Waals surface area contributed by atoms with E-state index in [0.29, 0.717) is 24.0 Å². The van der Waals surface area contributed by atoms with Gasteiger partial charge in [-0.3, -0.25) is 27.7 Å². The molecule has 12 rings (SSSR count). The molecule has 0 radical (unpaired) electrons. The van der Waals surface area contributed by atoms with Crippen molar-refractivity contribution in [3.8, 4) is 0 Å². The number of rotatable bonds is 65. The zero-order chi connectivity index (χ0) is 103. The highest BCUT2D eigenvalue weighted by Gasteiger charge is 2.62. The van der Waals surface area contributed by atoms with Crippen molar-refractivity contribution in [3.05, 3.63) is 298 Å². The Kier molecular flexibility index (Phi) is 52.9. The van der Waals surface area contributed by atoms with Gasteiger partial charge in [-0.1, -0.05) is 416 Å². The molecule has 11 unspecified atom stereocenters. The second-order valence-corrected chi connectivity index (χ2v) is 40.8. The Bertz CT molecular complexity index is 4960. The first kappa shape index (κ1) is 118. The van der Waals surface area contributed by atoms with Crippen LogP contribution in [0.2, 0.25) is 0 Å². The van der Waals surface area contributed by atoms with Crippen LogP contribution in [0.5, 0.6) is 0 Å². The third kappa shape index (κ3) is 40.0. The Morgan fingerprint density at radius 1 is 0.356 bits per heavy atom. The number of phosphoric ester groups is 2. The lowest BCUT2D eigenvalue weighted by molar-refractivity contribution is -0.506. The molecule has 32 nitrogen and oxygen atoms in total. The van der Waals surface area contributed by atoms with Gasteiger partial charge in [0.05, 0.1) is 66.1 Å². The van der Waals surface area contributed by atoms with E-state index in [2.05, 4.69) is 34.1 Å². The maximum absolute atomic E-state index is 16.5. The summed E-state index contributed by atoms with van der Waals surface area (Å²) in [4.78, 5) is 52.5. The van der Waals surface area contributed by atoms with Crippen molar-refractivity contribution in [2.24, 2.45) is 5.11 Å². The maximum atomic E-state index is 16.5. The average molecular weight is 2070 g/mol. The molecule has 4 aliphatic rings. The number of phosphoric acid groups is 2. The van der Waals surface area contributed by atoms with Crippen molar-refractivity contribution in [2.45, 2.75) is 381 Å². The van der Waals surface area contributed by atoms with Crippen molar-refractivity contribution < 1.29 is 140 Å². The summed E-state index contributed by atoms with van der Waals surface area (Å²) in [6, 6.07) is 74.0. The molecule has 0 bridgehead atoms. The molecule has 2 heterocycles. The first-order valence-electron chi connectivity index (χ1n) is 52.3. The van der Waals surface area contributed by atoms with Crippen molar-refractivity contribution in [1.82, 2.24) is 0 Å². The van der Waals surface area contributed by atoms with Gasteiger partial charge in [0.1, 0.15) is 104 Å². The summed E-state index contributed by atoms with van der Waals surface area (Å²) in [5, 5.41) is 66.0. The van der Waals surface area contributed by atoms with E-state index >= 15 is 9.36 Å². The van der Waals surface area contributed by atoms with Crippen LogP contribution < -0.4 is 10.6 Å². The number of ether oxygens (including phenoxy) is 12. The van der Waals surface area contributed by atoms with E-state index in [-0.39, 0.29) is 72.3 Å². The molecule has 34 heteroatoms. The molecule has 0 amide bonds. The average Bonchev–Trinajstić information content (AvgIpc) is 0.751. The summed E-state index contributed by atoms with van der Waals surface area (Å²) in [6.45, 7) is 3.59. The number of azide groups is 1. The third-order valence-electron chi connectivity index (χ3n) is 26.6. The minimum atomic E-state index is -5.60. The number of aliphatic hydroxyl groups is 6. The number of esters is 2. The topological polar surface area (TPSA) is 457 Å². The molecular formula is C112H154N4O28P2. The molecular weight excluding hydrogens is 1910 g/mol. The second kappa shape index (κ2) is 65.6. The lowest BCUT2D eigenvalue weighted by Crippen LogP contribution is -2.79. The summed E-state index contributed by atoms with van der Waals surface area (Å²) in [7, 11) is -10.5. The first-order chi connectivity index (χ1) is 71.1. The molecule has 8 aromatic carbocycles. The summed E-state index contributed by atoms with van der Waals surface area (Å²) < 4.78 is 134. The lowest BCUT2D eigenvalue weighted by Gasteiger charge is -2.51. The molecule has 8 aromatic rings. The van der Waals surface area contributed by atoms with E-state index < -0.39 is 169 Å². The predicted octanol–water partition coefficient (Wildman–Crippen LogP) is 18.0. The van der Waals surface area contributed by atoms with Crippen molar-refractivity contribution in [3.63, 3.8) is 0 Å². The van der Waals surface area contributed by atoms with Crippen LogP contribution in [0.4, 0.5) is 0 Å². The highest BCUT2D eigenvalue weighted by molar-refractivity contribution is 7.48. The summed E-state index contributed by atoms with van der Waals surface area (Å²) in [5.41, 5.74) is 20.9. The zero-order valence-electron chi connectivity index (χ0n) is 84.3. The van der Waals surface area contributed by atoms with Crippen LogP contribution in [0, 0.1) is 0 Å². The summed E-state index contributed by atoms with van der Waals surface area (Å²) in [6.07, 6.45) is -2.33. The molecule has 2 saturated carbocycles. The van der Waals surface area contributed by atoms with Gasteiger partial charge in [-0.05, 0) is 62.9 Å². The van der Waals surface area contributed by atoms with Crippen molar-refractivity contribution in [1.29, 1.82) is 0 Å². The van der Waals surface area contributed by atoms with Gasteiger partial charge in [0.15, 0.2) is 24.5 Å². The van der Waals surface area contributed by atoms with Crippen LogP contribution in [-0.2, 0) is 147 Å². The highest BCUT2D eigenvalue weighted by Crippen LogP contribution is 2.55. The van der Waals surface area contributed by atoms with Gasteiger partial charge in [-0.15, -0.1) is 0 Å². The fourth-order valence-corrected chi connectivity index (χ4v) is 20.4. The van der Waals surface area contributed by atoms with Gasteiger partial charge in [-0.25, -0.2) is 4.57 Å². The van der Waals surface area contributed by atoms with E-state index in [1.165, 1.54) is 103 Å². The second-order valence-electron chi connectivity index (χ2n) is 38.1. The summed E-state index contributed by atoms with van der Waals surface area (Å²) in [5.74, 6) is -1.40. The van der Waals surface area contributed by atoms with E-state index in [4.69, 9.17) is 70.4 Å². The Morgan fingerprint density at radius 2 is 0.664 bits per heavy atom.